The summed E-state index contributed by atoms with van der Waals surface area (Å²) in [6, 6.07) is 9.19. The van der Waals surface area contributed by atoms with Gasteiger partial charge in [0.2, 0.25) is 5.91 Å². The monoisotopic (exact) mass is 363 g/mol. The highest BCUT2D eigenvalue weighted by Crippen LogP contribution is 2.23. The largest absolute Gasteiger partial charge is 0.383 e. The molecule has 0 spiro atoms. The fraction of sp³-hybridized carbons (Fsp3) is 0.375. The molecule has 3 amide bonds. The highest BCUT2D eigenvalue weighted by molar-refractivity contribution is 7.99. The fourth-order valence-corrected chi connectivity index (χ4v) is 2.89. The Morgan fingerprint density at radius 2 is 2.00 bits per heavy atom. The maximum absolute atomic E-state index is 11.9. The zero-order valence-corrected chi connectivity index (χ0v) is 15.0. The van der Waals surface area contributed by atoms with Crippen molar-refractivity contribution >= 4 is 23.7 Å². The van der Waals surface area contributed by atoms with Gasteiger partial charge in [0, 0.05) is 25.8 Å². The van der Waals surface area contributed by atoms with Crippen molar-refractivity contribution in [2.75, 3.05) is 26.0 Å². The Labute approximate surface area is 150 Å². The zero-order valence-electron chi connectivity index (χ0n) is 14.2. The van der Waals surface area contributed by atoms with Gasteiger partial charge in [-0.2, -0.15) is 0 Å². The minimum Gasteiger partial charge on any atom is -0.383 e. The molecule has 1 aromatic heterocycles. The first-order valence-electron chi connectivity index (χ1n) is 7.83. The van der Waals surface area contributed by atoms with Gasteiger partial charge in [-0.15, -0.1) is 10.2 Å². The van der Waals surface area contributed by atoms with E-state index in [1.54, 1.807) is 0 Å². The number of carbonyl (C=O) groups excluding carboxylic acids is 2. The van der Waals surface area contributed by atoms with Crippen LogP contribution in [0, 0.1) is 0 Å². The molecule has 1 aromatic carbocycles. The molecule has 25 heavy (non-hydrogen) atoms. The molecule has 0 bridgehead atoms. The Kier molecular flexibility index (Phi) is 7.42. The Hall–Kier alpha value is -2.39. The molecule has 0 fully saturated rings. The quantitative estimate of drug-likeness (QED) is 0.545. The lowest BCUT2D eigenvalue weighted by molar-refractivity contribution is -0.117. The van der Waals surface area contributed by atoms with Crippen molar-refractivity contribution in [3.63, 3.8) is 0 Å². The first-order chi connectivity index (χ1) is 12.2. The van der Waals surface area contributed by atoms with Crippen molar-refractivity contribution in [2.45, 2.75) is 18.6 Å². The highest BCUT2D eigenvalue weighted by atomic mass is 32.2. The summed E-state index contributed by atoms with van der Waals surface area (Å²) in [5, 5.41) is 13.8. The van der Waals surface area contributed by atoms with Crippen LogP contribution in [0.1, 0.15) is 6.92 Å². The molecule has 0 saturated heterocycles. The van der Waals surface area contributed by atoms with Crippen molar-refractivity contribution in [3.8, 4) is 11.4 Å². The van der Waals surface area contributed by atoms with E-state index in [0.29, 0.717) is 24.9 Å². The summed E-state index contributed by atoms with van der Waals surface area (Å²) < 4.78 is 6.75. The van der Waals surface area contributed by atoms with Crippen LogP contribution in [0.3, 0.4) is 0 Å². The van der Waals surface area contributed by atoms with Gasteiger partial charge in [-0.3, -0.25) is 10.1 Å². The number of hydrogen-bond donors (Lipinski definition) is 2. The second kappa shape index (κ2) is 9.80. The number of carbonyl (C=O) groups is 2. The van der Waals surface area contributed by atoms with E-state index >= 15 is 0 Å². The van der Waals surface area contributed by atoms with Crippen LogP contribution in [0.5, 0.6) is 0 Å². The third kappa shape index (κ3) is 5.57. The summed E-state index contributed by atoms with van der Waals surface area (Å²) in [4.78, 5) is 23.4. The van der Waals surface area contributed by atoms with Gasteiger partial charge in [-0.25, -0.2) is 4.79 Å². The van der Waals surface area contributed by atoms with E-state index in [4.69, 9.17) is 4.74 Å². The Morgan fingerprint density at radius 1 is 1.24 bits per heavy atom. The number of nitrogens with zero attached hydrogens (tertiary/aromatic N) is 3. The SMILES string of the molecule is CCn1c(SCC(=O)NC(=O)NCCOC)nnc1-c1ccccc1. The summed E-state index contributed by atoms with van der Waals surface area (Å²) in [5.74, 6) is 0.431. The van der Waals surface area contributed by atoms with Gasteiger partial charge in [0.1, 0.15) is 0 Å². The molecule has 0 radical (unpaired) electrons. The lowest BCUT2D eigenvalue weighted by Gasteiger charge is -2.08. The molecule has 2 rings (SSSR count). The minimum atomic E-state index is -0.537. The molecule has 0 unspecified atom stereocenters. The predicted octanol–water partition coefficient (Wildman–Crippen LogP) is 1.53. The first-order valence-corrected chi connectivity index (χ1v) is 8.82. The normalized spacial score (nSPS) is 10.5. The summed E-state index contributed by atoms with van der Waals surface area (Å²) in [6.07, 6.45) is 0. The van der Waals surface area contributed by atoms with Crippen molar-refractivity contribution < 1.29 is 14.3 Å². The lowest BCUT2D eigenvalue weighted by atomic mass is 10.2. The molecule has 9 heteroatoms. The van der Waals surface area contributed by atoms with E-state index in [1.807, 2.05) is 41.8 Å². The minimum absolute atomic E-state index is 0.0740. The maximum atomic E-state index is 11.9. The third-order valence-corrected chi connectivity index (χ3v) is 4.21. The van der Waals surface area contributed by atoms with Crippen LogP contribution < -0.4 is 10.6 Å². The maximum Gasteiger partial charge on any atom is 0.321 e. The average molecular weight is 363 g/mol. The summed E-state index contributed by atoms with van der Waals surface area (Å²) >= 11 is 1.24. The van der Waals surface area contributed by atoms with Crippen molar-refractivity contribution in [1.29, 1.82) is 0 Å². The molecule has 1 heterocycles. The Bertz CT molecular complexity index is 705. The molecule has 8 nitrogen and oxygen atoms in total. The average Bonchev–Trinajstić information content (AvgIpc) is 3.04. The van der Waals surface area contributed by atoms with Crippen LogP contribution in [-0.4, -0.2) is 52.7 Å². The highest BCUT2D eigenvalue weighted by Gasteiger charge is 2.15. The van der Waals surface area contributed by atoms with E-state index in [0.717, 1.165) is 11.4 Å². The molecule has 0 saturated carbocycles. The zero-order chi connectivity index (χ0) is 18.1. The van der Waals surface area contributed by atoms with E-state index in [-0.39, 0.29) is 5.75 Å². The van der Waals surface area contributed by atoms with Gasteiger partial charge in [0.05, 0.1) is 12.4 Å². The van der Waals surface area contributed by atoms with Crippen LogP contribution in [0.15, 0.2) is 35.5 Å². The smallest absolute Gasteiger partial charge is 0.321 e. The van der Waals surface area contributed by atoms with Crippen molar-refractivity contribution in [3.05, 3.63) is 30.3 Å². The third-order valence-electron chi connectivity index (χ3n) is 3.24. The molecule has 2 N–H and O–H groups in total. The van der Waals surface area contributed by atoms with E-state index in [2.05, 4.69) is 20.8 Å². The van der Waals surface area contributed by atoms with Crippen LogP contribution in [-0.2, 0) is 16.1 Å². The van der Waals surface area contributed by atoms with Crippen LogP contribution in [0.25, 0.3) is 11.4 Å². The number of ether oxygens (including phenoxy) is 1. The number of methoxy groups -OCH3 is 1. The summed E-state index contributed by atoms with van der Waals surface area (Å²) in [6.45, 7) is 3.40. The van der Waals surface area contributed by atoms with Crippen molar-refractivity contribution in [2.24, 2.45) is 0 Å². The molecule has 0 aliphatic carbocycles. The second-order valence-electron chi connectivity index (χ2n) is 5.00. The number of imide groups is 1. The molecular weight excluding hydrogens is 342 g/mol. The molecule has 0 aliphatic rings. The number of thioether (sulfide) groups is 1. The van der Waals surface area contributed by atoms with Crippen LogP contribution in [0.2, 0.25) is 0 Å². The fourth-order valence-electron chi connectivity index (χ4n) is 2.08. The topological polar surface area (TPSA) is 98.1 Å². The number of benzene rings is 1. The summed E-state index contributed by atoms with van der Waals surface area (Å²) in [7, 11) is 1.54. The van der Waals surface area contributed by atoms with Crippen LogP contribution >= 0.6 is 11.8 Å². The van der Waals surface area contributed by atoms with Gasteiger partial charge in [0.15, 0.2) is 11.0 Å². The molecule has 0 aliphatic heterocycles. The van der Waals surface area contributed by atoms with Gasteiger partial charge in [0.25, 0.3) is 0 Å². The number of amides is 3. The van der Waals surface area contributed by atoms with Crippen molar-refractivity contribution in [1.82, 2.24) is 25.4 Å². The number of nitrogens with one attached hydrogen (secondary N) is 2. The standard InChI is InChI=1S/C16H21N5O3S/c1-3-21-14(12-7-5-4-6-8-12)19-20-16(21)25-11-13(22)18-15(23)17-9-10-24-2/h4-8H,3,9-11H2,1-2H3,(H2,17,18,22,23). The van der Waals surface area contributed by atoms with Gasteiger partial charge in [-0.05, 0) is 6.92 Å². The number of hydrogen-bond acceptors (Lipinski definition) is 6. The molecule has 0 atom stereocenters. The van der Waals surface area contributed by atoms with Gasteiger partial charge >= 0.3 is 6.03 Å². The van der Waals surface area contributed by atoms with Gasteiger partial charge < -0.3 is 14.6 Å². The van der Waals surface area contributed by atoms with E-state index in [9.17, 15) is 9.59 Å². The Morgan fingerprint density at radius 3 is 2.68 bits per heavy atom. The number of aromatic nitrogens is 3. The van der Waals surface area contributed by atoms with E-state index < -0.39 is 11.9 Å². The molecular formula is C16H21N5O3S. The van der Waals surface area contributed by atoms with Gasteiger partial charge in [-0.1, -0.05) is 42.1 Å². The first kappa shape index (κ1) is 18.9. The molecule has 134 valence electrons. The molecule has 2 aromatic rings. The summed E-state index contributed by atoms with van der Waals surface area (Å²) in [5.41, 5.74) is 0.964. The van der Waals surface area contributed by atoms with E-state index in [1.165, 1.54) is 18.9 Å². The second-order valence-corrected chi connectivity index (χ2v) is 5.94. The van der Waals surface area contributed by atoms with Crippen LogP contribution in [0.4, 0.5) is 4.79 Å². The number of urea groups is 1. The lowest BCUT2D eigenvalue weighted by Crippen LogP contribution is -2.41. The predicted molar refractivity (Wildman–Crippen MR) is 95.3 cm³/mol. The Balaban J connectivity index is 1.92. The number of rotatable bonds is 8.